The van der Waals surface area contributed by atoms with Crippen LogP contribution in [0.15, 0.2) is 36.9 Å². The molecule has 0 bridgehead atoms. The SMILES string of the molecule is O=C(CCCn1cncn1)N1CC(OCc2ccccc2F)C1. The molecule has 6 nitrogen and oxygen atoms in total. The molecule has 7 heteroatoms. The van der Waals surface area contributed by atoms with Gasteiger partial charge in [-0.3, -0.25) is 9.48 Å². The van der Waals surface area contributed by atoms with E-state index in [0.29, 0.717) is 31.6 Å². The molecule has 2 heterocycles. The zero-order chi connectivity index (χ0) is 16.1. The lowest BCUT2D eigenvalue weighted by molar-refractivity contribution is -0.146. The summed E-state index contributed by atoms with van der Waals surface area (Å²) in [6.07, 6.45) is 4.34. The average Bonchev–Trinajstić information content (AvgIpc) is 3.00. The number of hydrogen-bond acceptors (Lipinski definition) is 4. The van der Waals surface area contributed by atoms with Gasteiger partial charge in [-0.15, -0.1) is 0 Å². The highest BCUT2D eigenvalue weighted by atomic mass is 19.1. The molecule has 122 valence electrons. The van der Waals surface area contributed by atoms with Crippen molar-refractivity contribution in [2.24, 2.45) is 0 Å². The van der Waals surface area contributed by atoms with Crippen LogP contribution in [0.2, 0.25) is 0 Å². The number of benzene rings is 1. The van der Waals surface area contributed by atoms with E-state index in [1.165, 1.54) is 12.4 Å². The lowest BCUT2D eigenvalue weighted by atomic mass is 10.1. The maximum atomic E-state index is 13.5. The first-order valence-corrected chi connectivity index (χ1v) is 7.67. The molecule has 23 heavy (non-hydrogen) atoms. The Balaban J connectivity index is 1.32. The van der Waals surface area contributed by atoms with Crippen molar-refractivity contribution >= 4 is 5.91 Å². The van der Waals surface area contributed by atoms with Crippen LogP contribution in [0, 0.1) is 5.82 Å². The molecule has 0 saturated carbocycles. The van der Waals surface area contributed by atoms with Crippen molar-refractivity contribution in [2.45, 2.75) is 32.1 Å². The Morgan fingerprint density at radius 1 is 1.35 bits per heavy atom. The highest BCUT2D eigenvalue weighted by molar-refractivity contribution is 5.77. The van der Waals surface area contributed by atoms with Crippen LogP contribution in [-0.2, 0) is 22.7 Å². The van der Waals surface area contributed by atoms with Crippen LogP contribution in [0.1, 0.15) is 18.4 Å². The molecule has 0 spiro atoms. The first-order valence-electron chi connectivity index (χ1n) is 7.67. The summed E-state index contributed by atoms with van der Waals surface area (Å²) in [5.74, 6) is -0.135. The normalized spacial score (nSPS) is 14.7. The molecule has 2 aromatic rings. The fourth-order valence-electron chi connectivity index (χ4n) is 2.47. The molecule has 1 fully saturated rings. The molecule has 0 aliphatic carbocycles. The topological polar surface area (TPSA) is 60.2 Å². The van der Waals surface area contributed by atoms with Crippen LogP contribution in [0.3, 0.4) is 0 Å². The number of likely N-dealkylation sites (tertiary alicyclic amines) is 1. The predicted molar refractivity (Wildman–Crippen MR) is 80.8 cm³/mol. The van der Waals surface area contributed by atoms with Crippen LogP contribution in [0.4, 0.5) is 4.39 Å². The molecule has 3 rings (SSSR count). The van der Waals surface area contributed by atoms with Gasteiger partial charge in [0.15, 0.2) is 0 Å². The van der Waals surface area contributed by atoms with Gasteiger partial charge in [-0.1, -0.05) is 18.2 Å². The van der Waals surface area contributed by atoms with Gasteiger partial charge in [0.25, 0.3) is 0 Å². The quantitative estimate of drug-likeness (QED) is 0.778. The summed E-state index contributed by atoms with van der Waals surface area (Å²) in [5.41, 5.74) is 0.546. The molecule has 0 radical (unpaired) electrons. The molecule has 1 aromatic carbocycles. The van der Waals surface area contributed by atoms with Gasteiger partial charge in [-0.25, -0.2) is 9.37 Å². The standard InChI is InChI=1S/C16H19FN4O2/c17-15-5-2-1-4-13(15)10-23-14-8-20(9-14)16(22)6-3-7-21-12-18-11-19-21/h1-2,4-5,11-12,14H,3,6-10H2. The Morgan fingerprint density at radius 3 is 2.91 bits per heavy atom. The van der Waals surface area contributed by atoms with E-state index in [2.05, 4.69) is 10.1 Å². The van der Waals surface area contributed by atoms with Gasteiger partial charge >= 0.3 is 0 Å². The molecule has 0 atom stereocenters. The van der Waals surface area contributed by atoms with E-state index in [-0.39, 0.29) is 24.4 Å². The molecule has 1 aromatic heterocycles. The lowest BCUT2D eigenvalue weighted by Gasteiger charge is -2.39. The van der Waals surface area contributed by atoms with Crippen LogP contribution in [0.5, 0.6) is 0 Å². The van der Waals surface area contributed by atoms with Crippen LogP contribution in [0.25, 0.3) is 0 Å². The van der Waals surface area contributed by atoms with Gasteiger partial charge in [0.05, 0.1) is 12.7 Å². The van der Waals surface area contributed by atoms with E-state index in [4.69, 9.17) is 4.74 Å². The summed E-state index contributed by atoms with van der Waals surface area (Å²) in [7, 11) is 0. The van der Waals surface area contributed by atoms with Crippen molar-refractivity contribution in [3.05, 3.63) is 48.3 Å². The van der Waals surface area contributed by atoms with E-state index in [1.54, 1.807) is 34.1 Å². The third-order valence-electron chi connectivity index (χ3n) is 3.88. The smallest absolute Gasteiger partial charge is 0.222 e. The minimum Gasteiger partial charge on any atom is -0.370 e. The van der Waals surface area contributed by atoms with Gasteiger partial charge in [0, 0.05) is 31.6 Å². The molecule has 1 amide bonds. The first-order chi connectivity index (χ1) is 11.2. The number of nitrogens with zero attached hydrogens (tertiary/aromatic N) is 4. The predicted octanol–water partition coefficient (Wildman–Crippen LogP) is 1.62. The third-order valence-corrected chi connectivity index (χ3v) is 3.88. The summed E-state index contributed by atoms with van der Waals surface area (Å²) < 4.78 is 20.8. The molecular formula is C16H19FN4O2. The first kappa shape index (κ1) is 15.6. The second-order valence-corrected chi connectivity index (χ2v) is 5.59. The van der Waals surface area contributed by atoms with Gasteiger partial charge in [-0.05, 0) is 12.5 Å². The van der Waals surface area contributed by atoms with Crippen molar-refractivity contribution in [3.8, 4) is 0 Å². The Bertz CT molecular complexity index is 641. The number of carbonyl (C=O) groups is 1. The minimum atomic E-state index is -0.257. The summed E-state index contributed by atoms with van der Waals surface area (Å²) in [4.78, 5) is 17.6. The zero-order valence-electron chi connectivity index (χ0n) is 12.8. The number of carbonyl (C=O) groups excluding carboxylic acids is 1. The number of halogens is 1. The lowest BCUT2D eigenvalue weighted by Crippen LogP contribution is -2.54. The van der Waals surface area contributed by atoms with E-state index in [1.807, 2.05) is 0 Å². The van der Waals surface area contributed by atoms with Crippen LogP contribution in [-0.4, -0.2) is 44.8 Å². The van der Waals surface area contributed by atoms with Gasteiger partial charge < -0.3 is 9.64 Å². The maximum absolute atomic E-state index is 13.5. The largest absolute Gasteiger partial charge is 0.370 e. The second-order valence-electron chi connectivity index (χ2n) is 5.59. The number of hydrogen-bond donors (Lipinski definition) is 0. The van der Waals surface area contributed by atoms with Gasteiger partial charge in [-0.2, -0.15) is 5.10 Å². The Morgan fingerprint density at radius 2 is 2.17 bits per heavy atom. The summed E-state index contributed by atoms with van der Waals surface area (Å²) in [6.45, 7) is 2.09. The number of aromatic nitrogens is 3. The summed E-state index contributed by atoms with van der Waals surface area (Å²) in [6, 6.07) is 6.57. The van der Waals surface area contributed by atoms with Crippen molar-refractivity contribution in [3.63, 3.8) is 0 Å². The molecular weight excluding hydrogens is 299 g/mol. The average molecular weight is 318 g/mol. The van der Waals surface area contributed by atoms with Crippen molar-refractivity contribution in [2.75, 3.05) is 13.1 Å². The zero-order valence-corrected chi connectivity index (χ0v) is 12.8. The van der Waals surface area contributed by atoms with E-state index >= 15 is 0 Å². The van der Waals surface area contributed by atoms with Gasteiger partial charge in [0.2, 0.25) is 5.91 Å². The van der Waals surface area contributed by atoms with Crippen molar-refractivity contribution in [1.82, 2.24) is 19.7 Å². The van der Waals surface area contributed by atoms with E-state index in [0.717, 1.165) is 6.42 Å². The number of rotatable bonds is 7. The van der Waals surface area contributed by atoms with E-state index in [9.17, 15) is 9.18 Å². The Kier molecular flexibility index (Phi) is 4.97. The molecule has 1 saturated heterocycles. The number of ether oxygens (including phenoxy) is 1. The van der Waals surface area contributed by atoms with Gasteiger partial charge in [0.1, 0.15) is 18.5 Å². The summed E-state index contributed by atoms with van der Waals surface area (Å²) in [5, 5.41) is 3.99. The second kappa shape index (κ2) is 7.32. The van der Waals surface area contributed by atoms with Crippen LogP contribution >= 0.6 is 0 Å². The van der Waals surface area contributed by atoms with Crippen molar-refractivity contribution < 1.29 is 13.9 Å². The minimum absolute atomic E-state index is 0.00567. The maximum Gasteiger partial charge on any atom is 0.222 e. The fraction of sp³-hybridized carbons (Fsp3) is 0.438. The number of amides is 1. The highest BCUT2D eigenvalue weighted by Gasteiger charge is 2.30. The molecule has 1 aliphatic rings. The summed E-state index contributed by atoms with van der Waals surface area (Å²) >= 11 is 0. The fourth-order valence-corrected chi connectivity index (χ4v) is 2.47. The van der Waals surface area contributed by atoms with Crippen molar-refractivity contribution in [1.29, 1.82) is 0 Å². The molecule has 1 aliphatic heterocycles. The Labute approximate surface area is 133 Å². The van der Waals surface area contributed by atoms with Crippen LogP contribution < -0.4 is 0 Å². The Hall–Kier alpha value is -2.28. The third kappa shape index (κ3) is 4.13. The van der Waals surface area contributed by atoms with E-state index < -0.39 is 0 Å². The number of aryl methyl sites for hydroxylation is 1. The molecule has 0 N–H and O–H groups in total. The highest BCUT2D eigenvalue weighted by Crippen LogP contribution is 2.17. The molecule has 0 unspecified atom stereocenters. The monoisotopic (exact) mass is 318 g/mol.